The number of carbonyl (C=O) groups is 2. The summed E-state index contributed by atoms with van der Waals surface area (Å²) in [6.07, 6.45) is 0. The van der Waals surface area contributed by atoms with Crippen molar-refractivity contribution in [2.45, 2.75) is 24.8 Å². The fraction of sp³-hybridized carbons (Fsp3) is 0.400. The lowest BCUT2D eigenvalue weighted by molar-refractivity contribution is -0.136. The van der Waals surface area contributed by atoms with Gasteiger partial charge in [0, 0.05) is 4.88 Å². The van der Waals surface area contributed by atoms with Crippen LogP contribution in [-0.2, 0) is 19.6 Å². The Balaban J connectivity index is 2.47. The van der Waals surface area contributed by atoms with Crippen molar-refractivity contribution >= 4 is 49.1 Å². The minimum absolute atomic E-state index is 0.124. The predicted molar refractivity (Wildman–Crippen MR) is 73.3 cm³/mol. The van der Waals surface area contributed by atoms with Crippen molar-refractivity contribution in [1.82, 2.24) is 9.62 Å². The molecule has 104 valence electrons. The van der Waals surface area contributed by atoms with Gasteiger partial charge in [-0.1, -0.05) is 0 Å². The van der Waals surface area contributed by atoms with E-state index in [1.807, 2.05) is 0 Å². The van der Waals surface area contributed by atoms with Gasteiger partial charge in [-0.2, -0.15) is 4.31 Å². The average Bonchev–Trinajstić information content (AvgIpc) is 2.63. The van der Waals surface area contributed by atoms with Gasteiger partial charge in [0.25, 0.3) is 0 Å². The van der Waals surface area contributed by atoms with Crippen LogP contribution in [0.1, 0.15) is 11.8 Å². The molecule has 1 aromatic heterocycles. The number of hydrogen-bond acceptors (Lipinski definition) is 5. The van der Waals surface area contributed by atoms with E-state index in [1.165, 1.54) is 24.3 Å². The predicted octanol–water partition coefficient (Wildman–Crippen LogP) is 0.855. The van der Waals surface area contributed by atoms with E-state index in [4.69, 9.17) is 0 Å². The Morgan fingerprint density at radius 1 is 1.47 bits per heavy atom. The Labute approximate surface area is 123 Å². The number of nitrogens with zero attached hydrogens (tertiary/aromatic N) is 1. The quantitative estimate of drug-likeness (QED) is 0.786. The van der Waals surface area contributed by atoms with Crippen molar-refractivity contribution in [2.24, 2.45) is 0 Å². The lowest BCUT2D eigenvalue weighted by Crippen LogP contribution is -2.58. The summed E-state index contributed by atoms with van der Waals surface area (Å²) in [5, 5.41) is 2.11. The van der Waals surface area contributed by atoms with E-state index in [0.29, 0.717) is 8.66 Å². The van der Waals surface area contributed by atoms with Gasteiger partial charge in [-0.25, -0.2) is 8.42 Å². The van der Waals surface area contributed by atoms with E-state index >= 15 is 0 Å². The van der Waals surface area contributed by atoms with Crippen molar-refractivity contribution in [2.75, 3.05) is 6.54 Å². The number of amides is 2. The lowest BCUT2D eigenvalue weighted by atomic mass is 10.2. The SMILES string of the molecule is Cc1sc(Br)cc1S(=O)(=O)N1CC(=O)NC(=O)C1C. The molecule has 0 aliphatic carbocycles. The van der Waals surface area contributed by atoms with Gasteiger partial charge in [0.2, 0.25) is 21.8 Å². The highest BCUT2D eigenvalue weighted by molar-refractivity contribution is 9.11. The number of imide groups is 1. The van der Waals surface area contributed by atoms with E-state index in [2.05, 4.69) is 21.2 Å². The molecule has 0 spiro atoms. The maximum absolute atomic E-state index is 12.5. The van der Waals surface area contributed by atoms with Crippen LogP contribution in [0.4, 0.5) is 0 Å². The fourth-order valence-electron chi connectivity index (χ4n) is 1.80. The highest BCUT2D eigenvalue weighted by atomic mass is 79.9. The number of rotatable bonds is 2. The van der Waals surface area contributed by atoms with Gasteiger partial charge in [-0.05, 0) is 35.8 Å². The standard InChI is InChI=1S/C10H11BrN2O4S2/c1-5-10(15)12-9(14)4-13(5)19(16,17)7-3-8(11)18-6(7)2/h3,5H,4H2,1-2H3,(H,12,14,15). The first-order valence-electron chi connectivity index (χ1n) is 5.35. The number of thiophene rings is 1. The normalized spacial score (nSPS) is 21.5. The Morgan fingerprint density at radius 2 is 2.11 bits per heavy atom. The minimum atomic E-state index is -3.85. The van der Waals surface area contributed by atoms with E-state index < -0.39 is 27.9 Å². The number of carbonyl (C=O) groups excluding carboxylic acids is 2. The number of piperazine rings is 1. The zero-order chi connectivity index (χ0) is 14.4. The van der Waals surface area contributed by atoms with Crippen molar-refractivity contribution in [1.29, 1.82) is 0 Å². The molecule has 2 rings (SSSR count). The topological polar surface area (TPSA) is 83.6 Å². The smallest absolute Gasteiger partial charge is 0.245 e. The number of aryl methyl sites for hydroxylation is 1. The van der Waals surface area contributed by atoms with Crippen LogP contribution in [0.5, 0.6) is 0 Å². The van der Waals surface area contributed by atoms with Crippen LogP contribution in [0.3, 0.4) is 0 Å². The summed E-state index contributed by atoms with van der Waals surface area (Å²) in [4.78, 5) is 23.6. The van der Waals surface area contributed by atoms with Gasteiger partial charge in [-0.15, -0.1) is 11.3 Å². The largest absolute Gasteiger partial charge is 0.294 e. The summed E-state index contributed by atoms with van der Waals surface area (Å²) in [6, 6.07) is 0.583. The van der Waals surface area contributed by atoms with Crippen LogP contribution in [0.2, 0.25) is 0 Å². The van der Waals surface area contributed by atoms with Crippen molar-refractivity contribution in [3.8, 4) is 0 Å². The maximum Gasteiger partial charge on any atom is 0.245 e. The van der Waals surface area contributed by atoms with Gasteiger partial charge in [-0.3, -0.25) is 14.9 Å². The fourth-order valence-corrected chi connectivity index (χ4v) is 5.73. The summed E-state index contributed by atoms with van der Waals surface area (Å²) in [7, 11) is -3.85. The second kappa shape index (κ2) is 4.97. The van der Waals surface area contributed by atoms with Gasteiger partial charge >= 0.3 is 0 Å². The van der Waals surface area contributed by atoms with Crippen molar-refractivity contribution in [3.05, 3.63) is 14.7 Å². The third-order valence-electron chi connectivity index (χ3n) is 2.80. The number of nitrogens with one attached hydrogen (secondary N) is 1. The van der Waals surface area contributed by atoms with E-state index in [0.717, 1.165) is 4.31 Å². The molecule has 0 aromatic carbocycles. The average molecular weight is 367 g/mol. The second-order valence-corrected chi connectivity index (χ2v) is 8.60. The highest BCUT2D eigenvalue weighted by Crippen LogP contribution is 2.32. The molecule has 1 aromatic rings. The molecule has 1 saturated heterocycles. The molecule has 1 aliphatic heterocycles. The lowest BCUT2D eigenvalue weighted by Gasteiger charge is -2.30. The molecule has 1 fully saturated rings. The molecule has 1 atom stereocenters. The molecule has 19 heavy (non-hydrogen) atoms. The van der Waals surface area contributed by atoms with Crippen LogP contribution in [0.25, 0.3) is 0 Å². The second-order valence-electron chi connectivity index (χ2n) is 4.11. The summed E-state index contributed by atoms with van der Waals surface area (Å²) in [6.45, 7) is 2.79. The van der Waals surface area contributed by atoms with E-state index in [9.17, 15) is 18.0 Å². The molecule has 2 amide bonds. The monoisotopic (exact) mass is 366 g/mol. The van der Waals surface area contributed by atoms with Gasteiger partial charge < -0.3 is 0 Å². The maximum atomic E-state index is 12.5. The van der Waals surface area contributed by atoms with Crippen molar-refractivity contribution in [3.63, 3.8) is 0 Å². The number of halogens is 1. The van der Waals surface area contributed by atoms with Gasteiger partial charge in [0.05, 0.1) is 15.2 Å². The molecule has 0 saturated carbocycles. The van der Waals surface area contributed by atoms with Crippen LogP contribution < -0.4 is 5.32 Å². The zero-order valence-electron chi connectivity index (χ0n) is 10.1. The molecular formula is C10H11BrN2O4S2. The molecule has 9 heteroatoms. The third-order valence-corrected chi connectivity index (χ3v) is 6.53. The van der Waals surface area contributed by atoms with E-state index in [-0.39, 0.29) is 11.4 Å². The minimum Gasteiger partial charge on any atom is -0.294 e. The molecule has 1 N–H and O–H groups in total. The molecule has 1 unspecified atom stereocenters. The summed E-state index contributed by atoms with van der Waals surface area (Å²) >= 11 is 4.52. The first-order valence-corrected chi connectivity index (χ1v) is 8.40. The Kier molecular flexibility index (Phi) is 3.83. The molecular weight excluding hydrogens is 356 g/mol. The summed E-state index contributed by atoms with van der Waals surface area (Å²) in [5.74, 6) is -1.22. The van der Waals surface area contributed by atoms with Gasteiger partial charge in [0.15, 0.2) is 0 Å². The Morgan fingerprint density at radius 3 is 2.63 bits per heavy atom. The van der Waals surface area contributed by atoms with E-state index in [1.54, 1.807) is 6.92 Å². The molecule has 2 heterocycles. The highest BCUT2D eigenvalue weighted by Gasteiger charge is 2.39. The van der Waals surface area contributed by atoms with Crippen molar-refractivity contribution < 1.29 is 18.0 Å². The Bertz CT molecular complexity index is 652. The molecule has 6 nitrogen and oxygen atoms in total. The number of sulfonamides is 1. The Hall–Kier alpha value is -0.770. The zero-order valence-corrected chi connectivity index (χ0v) is 13.4. The van der Waals surface area contributed by atoms with Crippen LogP contribution in [0.15, 0.2) is 14.7 Å². The first-order chi connectivity index (χ1) is 8.73. The summed E-state index contributed by atoms with van der Waals surface area (Å²) in [5.41, 5.74) is 0. The third kappa shape index (κ3) is 2.60. The molecule has 0 bridgehead atoms. The number of hydrogen-bond donors (Lipinski definition) is 1. The van der Waals surface area contributed by atoms with Gasteiger partial charge in [0.1, 0.15) is 6.04 Å². The van der Waals surface area contributed by atoms with Crippen LogP contribution >= 0.6 is 27.3 Å². The van der Waals surface area contributed by atoms with Crippen LogP contribution in [-0.4, -0.2) is 37.1 Å². The first kappa shape index (κ1) is 14.6. The summed E-state index contributed by atoms with van der Waals surface area (Å²) < 4.78 is 26.6. The molecule has 0 radical (unpaired) electrons. The molecule has 1 aliphatic rings. The van der Waals surface area contributed by atoms with Crippen LogP contribution in [0, 0.1) is 6.92 Å².